The Morgan fingerprint density at radius 3 is 2.82 bits per heavy atom. The molecule has 1 saturated heterocycles. The molecule has 7 nitrogen and oxygen atoms in total. The number of pyridine rings is 1. The van der Waals surface area contributed by atoms with E-state index < -0.39 is 6.10 Å². The highest BCUT2D eigenvalue weighted by Gasteiger charge is 2.15. The highest BCUT2D eigenvalue weighted by atomic mass is 16.5. The molecule has 3 rings (SSSR count). The van der Waals surface area contributed by atoms with Gasteiger partial charge in [0.15, 0.2) is 0 Å². The Balaban J connectivity index is 1.32. The first-order valence-electron chi connectivity index (χ1n) is 9.73. The van der Waals surface area contributed by atoms with Crippen molar-refractivity contribution in [3.8, 4) is 11.5 Å². The largest absolute Gasteiger partial charge is 0.491 e. The van der Waals surface area contributed by atoms with Gasteiger partial charge in [-0.2, -0.15) is 0 Å². The fourth-order valence-corrected chi connectivity index (χ4v) is 2.98. The van der Waals surface area contributed by atoms with Crippen molar-refractivity contribution in [2.75, 3.05) is 52.6 Å². The molecule has 0 unspecified atom stereocenters. The number of nitrogens with one attached hydrogen (secondary N) is 1. The van der Waals surface area contributed by atoms with Crippen molar-refractivity contribution in [3.05, 3.63) is 54.4 Å². The quantitative estimate of drug-likeness (QED) is 0.563. The molecule has 2 heterocycles. The van der Waals surface area contributed by atoms with Gasteiger partial charge in [-0.05, 0) is 29.8 Å². The minimum Gasteiger partial charge on any atom is -0.491 e. The summed E-state index contributed by atoms with van der Waals surface area (Å²) in [6.45, 7) is 6.13. The van der Waals surface area contributed by atoms with Crippen LogP contribution < -0.4 is 14.8 Å². The molecule has 0 radical (unpaired) electrons. The first-order valence-corrected chi connectivity index (χ1v) is 9.73. The molecular weight excluding hydrogens is 358 g/mol. The fraction of sp³-hybridized carbons (Fsp3) is 0.476. The average molecular weight is 387 g/mol. The van der Waals surface area contributed by atoms with E-state index in [-0.39, 0.29) is 6.61 Å². The van der Waals surface area contributed by atoms with Gasteiger partial charge in [0.1, 0.15) is 30.8 Å². The fourth-order valence-electron chi connectivity index (χ4n) is 2.98. The van der Waals surface area contributed by atoms with Crippen LogP contribution >= 0.6 is 0 Å². The van der Waals surface area contributed by atoms with Gasteiger partial charge in [-0.25, -0.2) is 0 Å². The van der Waals surface area contributed by atoms with Gasteiger partial charge in [-0.3, -0.25) is 9.88 Å². The van der Waals surface area contributed by atoms with Gasteiger partial charge in [-0.1, -0.05) is 12.1 Å². The second-order valence-electron chi connectivity index (χ2n) is 6.74. The van der Waals surface area contributed by atoms with E-state index in [1.54, 1.807) is 12.4 Å². The molecule has 0 aliphatic carbocycles. The summed E-state index contributed by atoms with van der Waals surface area (Å²) in [4.78, 5) is 6.22. The van der Waals surface area contributed by atoms with Crippen LogP contribution in [0, 0.1) is 0 Å². The van der Waals surface area contributed by atoms with Crippen LogP contribution in [0.5, 0.6) is 11.5 Å². The summed E-state index contributed by atoms with van der Waals surface area (Å²) < 4.78 is 16.7. The number of hydrogen-bond acceptors (Lipinski definition) is 7. The molecule has 7 heteroatoms. The Morgan fingerprint density at radius 1 is 1.14 bits per heavy atom. The van der Waals surface area contributed by atoms with Gasteiger partial charge < -0.3 is 24.6 Å². The standard InChI is InChI=1S/C21H29N3O4/c25-19(16-24-8-11-26-12-9-24)17-28-20-4-1-3-18(13-20)14-23-7-10-27-21-5-2-6-22-15-21/h1-6,13,15,19,23,25H,7-12,14,16-17H2/t19-/m0/s1. The highest BCUT2D eigenvalue weighted by molar-refractivity contribution is 5.28. The number of morpholine rings is 1. The van der Waals surface area contributed by atoms with E-state index in [0.717, 1.165) is 56.5 Å². The van der Waals surface area contributed by atoms with Crippen molar-refractivity contribution in [1.29, 1.82) is 0 Å². The highest BCUT2D eigenvalue weighted by Crippen LogP contribution is 2.14. The van der Waals surface area contributed by atoms with Crippen molar-refractivity contribution in [1.82, 2.24) is 15.2 Å². The van der Waals surface area contributed by atoms with Crippen molar-refractivity contribution in [3.63, 3.8) is 0 Å². The van der Waals surface area contributed by atoms with Gasteiger partial charge in [-0.15, -0.1) is 0 Å². The third-order valence-electron chi connectivity index (χ3n) is 4.42. The molecule has 1 aromatic carbocycles. The van der Waals surface area contributed by atoms with Gasteiger partial charge in [0.25, 0.3) is 0 Å². The summed E-state index contributed by atoms with van der Waals surface area (Å²) in [5.74, 6) is 1.54. The maximum absolute atomic E-state index is 10.2. The molecule has 2 N–H and O–H groups in total. The summed E-state index contributed by atoms with van der Waals surface area (Å²) in [5.41, 5.74) is 1.13. The maximum Gasteiger partial charge on any atom is 0.137 e. The number of rotatable bonds is 11. The molecule has 0 spiro atoms. The molecule has 0 saturated carbocycles. The minimum atomic E-state index is -0.510. The van der Waals surface area contributed by atoms with Gasteiger partial charge in [0.05, 0.1) is 19.4 Å². The second-order valence-corrected chi connectivity index (χ2v) is 6.74. The second kappa shape index (κ2) is 11.6. The zero-order chi connectivity index (χ0) is 19.4. The van der Waals surface area contributed by atoms with Crippen LogP contribution in [0.3, 0.4) is 0 Å². The van der Waals surface area contributed by atoms with E-state index >= 15 is 0 Å². The Bertz CT molecular complexity index is 680. The van der Waals surface area contributed by atoms with Gasteiger partial charge in [0.2, 0.25) is 0 Å². The molecule has 1 fully saturated rings. The third-order valence-corrected chi connectivity index (χ3v) is 4.42. The van der Waals surface area contributed by atoms with Crippen LogP contribution in [0.4, 0.5) is 0 Å². The summed E-state index contributed by atoms with van der Waals surface area (Å²) in [6.07, 6.45) is 2.92. The number of hydrogen-bond donors (Lipinski definition) is 2. The number of nitrogens with zero attached hydrogens (tertiary/aromatic N) is 2. The van der Waals surface area contributed by atoms with Crippen LogP contribution in [-0.4, -0.2) is 73.7 Å². The number of β-amino-alcohol motifs (C(OH)–C–C–N with tert-alkyl or cyclic N) is 1. The Hall–Kier alpha value is -2.19. The molecule has 1 aliphatic heterocycles. The smallest absolute Gasteiger partial charge is 0.137 e. The van der Waals surface area contributed by atoms with E-state index in [9.17, 15) is 5.11 Å². The predicted octanol–water partition coefficient (Wildman–Crippen LogP) is 1.32. The van der Waals surface area contributed by atoms with Crippen LogP contribution in [0.2, 0.25) is 0 Å². The molecule has 0 amide bonds. The number of aliphatic hydroxyl groups is 1. The van der Waals surface area contributed by atoms with E-state index in [1.807, 2.05) is 36.4 Å². The molecule has 1 aliphatic rings. The van der Waals surface area contributed by atoms with Gasteiger partial charge in [0, 0.05) is 38.9 Å². The van der Waals surface area contributed by atoms with Crippen LogP contribution in [-0.2, 0) is 11.3 Å². The number of aromatic nitrogens is 1. The van der Waals surface area contributed by atoms with Crippen LogP contribution in [0.25, 0.3) is 0 Å². The Morgan fingerprint density at radius 2 is 2.00 bits per heavy atom. The summed E-state index contributed by atoms with van der Waals surface area (Å²) >= 11 is 0. The third kappa shape index (κ3) is 7.44. The summed E-state index contributed by atoms with van der Waals surface area (Å²) in [5, 5.41) is 13.5. The summed E-state index contributed by atoms with van der Waals surface area (Å²) in [6, 6.07) is 11.7. The normalized spacial score (nSPS) is 15.9. The maximum atomic E-state index is 10.2. The zero-order valence-electron chi connectivity index (χ0n) is 16.1. The number of ether oxygens (including phenoxy) is 3. The lowest BCUT2D eigenvalue weighted by molar-refractivity contribution is 0.00465. The van der Waals surface area contributed by atoms with Crippen molar-refractivity contribution in [2.45, 2.75) is 12.6 Å². The molecule has 2 aromatic rings. The first kappa shape index (κ1) is 20.5. The topological polar surface area (TPSA) is 76.1 Å². The van der Waals surface area contributed by atoms with E-state index in [4.69, 9.17) is 14.2 Å². The molecule has 1 atom stereocenters. The van der Waals surface area contributed by atoms with E-state index in [0.29, 0.717) is 13.2 Å². The first-order chi connectivity index (χ1) is 13.8. The number of aliphatic hydroxyl groups excluding tert-OH is 1. The van der Waals surface area contributed by atoms with E-state index in [2.05, 4.69) is 15.2 Å². The average Bonchev–Trinajstić information content (AvgIpc) is 2.74. The van der Waals surface area contributed by atoms with Crippen molar-refractivity contribution < 1.29 is 19.3 Å². The predicted molar refractivity (Wildman–Crippen MR) is 107 cm³/mol. The lowest BCUT2D eigenvalue weighted by atomic mass is 10.2. The Kier molecular flexibility index (Phi) is 8.52. The minimum absolute atomic E-state index is 0.285. The van der Waals surface area contributed by atoms with Crippen molar-refractivity contribution >= 4 is 0 Å². The van der Waals surface area contributed by atoms with Gasteiger partial charge >= 0.3 is 0 Å². The van der Waals surface area contributed by atoms with E-state index in [1.165, 1.54) is 0 Å². The SMILES string of the molecule is O[C@H](COc1cccc(CNCCOc2cccnc2)c1)CN1CCOCC1. The van der Waals surface area contributed by atoms with Crippen LogP contribution in [0.15, 0.2) is 48.8 Å². The summed E-state index contributed by atoms with van der Waals surface area (Å²) in [7, 11) is 0. The molecule has 28 heavy (non-hydrogen) atoms. The molecular formula is C21H29N3O4. The molecule has 152 valence electrons. The van der Waals surface area contributed by atoms with Crippen LogP contribution in [0.1, 0.15) is 5.56 Å². The lowest BCUT2D eigenvalue weighted by Crippen LogP contribution is -2.42. The van der Waals surface area contributed by atoms with Crippen molar-refractivity contribution in [2.24, 2.45) is 0 Å². The molecule has 0 bridgehead atoms. The number of benzene rings is 1. The molecule has 1 aromatic heterocycles. The monoisotopic (exact) mass is 387 g/mol. The zero-order valence-corrected chi connectivity index (χ0v) is 16.1. The Labute approximate surface area is 166 Å². The lowest BCUT2D eigenvalue weighted by Gasteiger charge is -2.28.